The van der Waals surface area contributed by atoms with Crippen molar-refractivity contribution < 1.29 is 0 Å². The van der Waals surface area contributed by atoms with Gasteiger partial charge in [-0.1, -0.05) is 20.8 Å². The van der Waals surface area contributed by atoms with E-state index in [-0.39, 0.29) is 5.56 Å². The van der Waals surface area contributed by atoms with Gasteiger partial charge in [-0.25, -0.2) is 0 Å². The van der Waals surface area contributed by atoms with Gasteiger partial charge >= 0.3 is 0 Å². The van der Waals surface area contributed by atoms with Crippen LogP contribution in [0.25, 0.3) is 0 Å². The van der Waals surface area contributed by atoms with Crippen LogP contribution in [-0.4, -0.2) is 2.78 Å². The normalized spacial score (nSPS) is 11.8. The van der Waals surface area contributed by atoms with Crippen molar-refractivity contribution in [3.63, 3.8) is 0 Å². The molecule has 0 saturated heterocycles. The highest BCUT2D eigenvalue weighted by atomic mass is 127. The molecule has 0 aromatic carbocycles. The molecule has 0 amide bonds. The molecule has 2 nitrogen and oxygen atoms in total. The predicted molar refractivity (Wildman–Crippen MR) is 77.3 cm³/mol. The fourth-order valence-electron chi connectivity index (χ4n) is 1.72. The topological polar surface area (TPSA) is 22.0 Å². The third-order valence-electron chi connectivity index (χ3n) is 2.55. The Kier molecular flexibility index (Phi) is 4.59. The minimum atomic E-state index is 0.0892. The minimum absolute atomic E-state index is 0.0892. The summed E-state index contributed by atoms with van der Waals surface area (Å²) >= 11 is 2.09. The highest BCUT2D eigenvalue weighted by molar-refractivity contribution is 14.1. The maximum Gasteiger partial charge on any atom is 0.259 e. The lowest BCUT2D eigenvalue weighted by atomic mass is 9.89. The summed E-state index contributed by atoms with van der Waals surface area (Å²) in [5.41, 5.74) is 2.66. The first-order valence-electron chi connectivity index (χ1n) is 5.68. The molecule has 0 unspecified atom stereocenters. The molecule has 90 valence electrons. The predicted octanol–water partition coefficient (Wildman–Crippen LogP) is 3.72. The van der Waals surface area contributed by atoms with Crippen molar-refractivity contribution in [2.75, 3.05) is 0 Å². The molecule has 0 aliphatic rings. The number of aryl methyl sites for hydroxylation is 2. The van der Waals surface area contributed by atoms with Crippen LogP contribution in [0.5, 0.6) is 0 Å². The van der Waals surface area contributed by atoms with Gasteiger partial charge in [-0.05, 0) is 43.2 Å². The van der Waals surface area contributed by atoms with E-state index in [0.717, 1.165) is 24.1 Å². The Balaban J connectivity index is 2.71. The number of hydrogen-bond acceptors (Lipinski definition) is 1. The monoisotopic (exact) mass is 333 g/mol. The molecular weight excluding hydrogens is 313 g/mol. The molecule has 0 spiro atoms. The molecule has 1 rings (SSSR count). The SMILES string of the molecule is Cc1cc(CCCC(C)(C)C)n(I)c(=O)c1. The Morgan fingerprint density at radius 3 is 2.50 bits per heavy atom. The van der Waals surface area contributed by atoms with Crippen molar-refractivity contribution in [1.82, 2.24) is 2.78 Å². The largest absolute Gasteiger partial charge is 0.269 e. The van der Waals surface area contributed by atoms with Crippen LogP contribution in [0.1, 0.15) is 44.9 Å². The quantitative estimate of drug-likeness (QED) is 0.773. The van der Waals surface area contributed by atoms with E-state index in [1.807, 2.05) is 6.92 Å². The van der Waals surface area contributed by atoms with Crippen molar-refractivity contribution in [3.8, 4) is 0 Å². The molecule has 1 aromatic heterocycles. The summed E-state index contributed by atoms with van der Waals surface area (Å²) in [5.74, 6) is 0. The molecule has 0 saturated carbocycles. The Labute approximate surface area is 112 Å². The highest BCUT2D eigenvalue weighted by Crippen LogP contribution is 2.22. The van der Waals surface area contributed by atoms with E-state index in [9.17, 15) is 4.79 Å². The first-order valence-corrected chi connectivity index (χ1v) is 6.65. The third-order valence-corrected chi connectivity index (χ3v) is 3.65. The van der Waals surface area contributed by atoms with Gasteiger partial charge in [-0.15, -0.1) is 0 Å². The molecule has 3 heteroatoms. The van der Waals surface area contributed by atoms with Crippen LogP contribution < -0.4 is 5.56 Å². The van der Waals surface area contributed by atoms with Crippen molar-refractivity contribution in [1.29, 1.82) is 0 Å². The minimum Gasteiger partial charge on any atom is -0.269 e. The van der Waals surface area contributed by atoms with E-state index < -0.39 is 0 Å². The van der Waals surface area contributed by atoms with Gasteiger partial charge in [0.2, 0.25) is 0 Å². The average Bonchev–Trinajstić information content (AvgIpc) is 2.11. The molecule has 0 N–H and O–H groups in total. The van der Waals surface area contributed by atoms with Crippen LogP contribution in [-0.2, 0) is 6.42 Å². The van der Waals surface area contributed by atoms with E-state index in [1.54, 1.807) is 8.85 Å². The highest BCUT2D eigenvalue weighted by Gasteiger charge is 2.10. The lowest BCUT2D eigenvalue weighted by molar-refractivity contribution is 0.365. The fourth-order valence-corrected chi connectivity index (χ4v) is 2.24. The second kappa shape index (κ2) is 5.34. The zero-order valence-corrected chi connectivity index (χ0v) is 12.7. The van der Waals surface area contributed by atoms with Crippen LogP contribution in [0.2, 0.25) is 0 Å². The molecule has 0 aliphatic carbocycles. The number of rotatable bonds is 3. The number of pyridine rings is 1. The lowest BCUT2D eigenvalue weighted by Crippen LogP contribution is -2.16. The zero-order chi connectivity index (χ0) is 12.3. The van der Waals surface area contributed by atoms with Gasteiger partial charge in [-0.3, -0.25) is 7.58 Å². The molecule has 16 heavy (non-hydrogen) atoms. The summed E-state index contributed by atoms with van der Waals surface area (Å²) < 4.78 is 1.73. The van der Waals surface area contributed by atoms with Gasteiger partial charge in [0, 0.05) is 11.8 Å². The van der Waals surface area contributed by atoms with Gasteiger partial charge in [0.1, 0.15) is 0 Å². The van der Waals surface area contributed by atoms with Crippen LogP contribution >= 0.6 is 22.9 Å². The Bertz CT molecular complexity index is 415. The van der Waals surface area contributed by atoms with Crippen molar-refractivity contribution >= 4 is 22.9 Å². The summed E-state index contributed by atoms with van der Waals surface area (Å²) in [6.45, 7) is 8.73. The van der Waals surface area contributed by atoms with E-state index in [1.165, 1.54) is 6.42 Å². The van der Waals surface area contributed by atoms with E-state index in [2.05, 4.69) is 49.7 Å². The molecule has 0 aliphatic heterocycles. The zero-order valence-electron chi connectivity index (χ0n) is 10.5. The number of nitrogens with zero attached hydrogens (tertiary/aromatic N) is 1. The number of hydrogen-bond donors (Lipinski definition) is 0. The average molecular weight is 333 g/mol. The molecule has 1 heterocycles. The number of aromatic nitrogens is 1. The summed E-state index contributed by atoms with van der Waals surface area (Å²) in [5, 5.41) is 0. The van der Waals surface area contributed by atoms with Gasteiger partial charge < -0.3 is 0 Å². The third kappa shape index (κ3) is 4.28. The summed E-state index contributed by atoms with van der Waals surface area (Å²) in [4.78, 5) is 11.6. The van der Waals surface area contributed by atoms with E-state index in [0.29, 0.717) is 5.41 Å². The van der Waals surface area contributed by atoms with Crippen molar-refractivity contribution in [2.24, 2.45) is 5.41 Å². The molecule has 0 fully saturated rings. The second-order valence-electron chi connectivity index (χ2n) is 5.56. The molecular formula is C13H20INO. The summed E-state index contributed by atoms with van der Waals surface area (Å²) in [6, 6.07) is 3.79. The van der Waals surface area contributed by atoms with E-state index >= 15 is 0 Å². The van der Waals surface area contributed by atoms with Crippen LogP contribution in [0.3, 0.4) is 0 Å². The Morgan fingerprint density at radius 2 is 1.94 bits per heavy atom. The van der Waals surface area contributed by atoms with Gasteiger partial charge in [0.15, 0.2) is 0 Å². The van der Waals surface area contributed by atoms with Gasteiger partial charge in [-0.2, -0.15) is 0 Å². The maximum atomic E-state index is 11.6. The van der Waals surface area contributed by atoms with Gasteiger partial charge in [0.05, 0.1) is 22.9 Å². The van der Waals surface area contributed by atoms with Crippen LogP contribution in [0, 0.1) is 12.3 Å². The van der Waals surface area contributed by atoms with Crippen molar-refractivity contribution in [2.45, 2.75) is 47.0 Å². The van der Waals surface area contributed by atoms with Crippen molar-refractivity contribution in [3.05, 3.63) is 33.7 Å². The summed E-state index contributed by atoms with van der Waals surface area (Å²) in [7, 11) is 0. The Morgan fingerprint density at radius 1 is 1.31 bits per heavy atom. The molecule has 1 aromatic rings. The Hall–Kier alpha value is -0.320. The lowest BCUT2D eigenvalue weighted by Gasteiger charge is -2.18. The van der Waals surface area contributed by atoms with Gasteiger partial charge in [0.25, 0.3) is 5.56 Å². The maximum absolute atomic E-state index is 11.6. The van der Waals surface area contributed by atoms with Crippen LogP contribution in [0.15, 0.2) is 16.9 Å². The van der Waals surface area contributed by atoms with Crippen LogP contribution in [0.4, 0.5) is 0 Å². The fraction of sp³-hybridized carbons (Fsp3) is 0.615. The number of halogens is 1. The van der Waals surface area contributed by atoms with E-state index in [4.69, 9.17) is 0 Å². The first kappa shape index (κ1) is 13.7. The molecule has 0 atom stereocenters. The second-order valence-corrected chi connectivity index (χ2v) is 6.52. The molecule has 0 radical (unpaired) electrons. The summed E-state index contributed by atoms with van der Waals surface area (Å²) in [6.07, 6.45) is 3.30. The standard InChI is InChI=1S/C13H20INO/c1-10-8-11(15(14)12(16)9-10)6-5-7-13(2,3)4/h8-9H,5-7H2,1-4H3. The molecule has 0 bridgehead atoms. The first-order chi connectivity index (χ1) is 7.29. The smallest absolute Gasteiger partial charge is 0.259 e.